The van der Waals surface area contributed by atoms with Crippen molar-refractivity contribution in [3.63, 3.8) is 0 Å². The molecule has 0 radical (unpaired) electrons. The van der Waals surface area contributed by atoms with Crippen LogP contribution in [0.1, 0.15) is 80.0 Å². The molecule has 3 aromatic carbocycles. The molecule has 0 spiro atoms. The molecule has 3 fully saturated rings. The Labute approximate surface area is 323 Å². The van der Waals surface area contributed by atoms with E-state index in [1.54, 1.807) is 0 Å². The number of allylic oxidation sites excluding steroid dienone is 1. The lowest BCUT2D eigenvalue weighted by atomic mass is 9.84. The van der Waals surface area contributed by atoms with E-state index in [1.807, 2.05) is 13.8 Å². The summed E-state index contributed by atoms with van der Waals surface area (Å²) in [5.74, 6) is -3.82. The highest BCUT2D eigenvalue weighted by atomic mass is 19.4. The summed E-state index contributed by atoms with van der Waals surface area (Å²) in [7, 11) is 1.28. The largest absolute Gasteiger partial charge is 0.496 e. The average molecular weight is 809 g/mol. The number of hydrogen-bond acceptors (Lipinski definition) is 5. The van der Waals surface area contributed by atoms with E-state index in [1.165, 1.54) is 25.3 Å². The van der Waals surface area contributed by atoms with Gasteiger partial charge < -0.3 is 20.1 Å². The zero-order chi connectivity index (χ0) is 41.4. The first-order valence-corrected chi connectivity index (χ1v) is 18.7. The van der Waals surface area contributed by atoms with Crippen LogP contribution in [0.25, 0.3) is 11.1 Å². The first-order valence-electron chi connectivity index (χ1n) is 18.7. The maximum atomic E-state index is 15.4. The molecule has 306 valence electrons. The van der Waals surface area contributed by atoms with Crippen LogP contribution < -0.4 is 15.4 Å². The van der Waals surface area contributed by atoms with Crippen LogP contribution in [-0.2, 0) is 10.9 Å². The van der Waals surface area contributed by atoms with Gasteiger partial charge in [-0.1, -0.05) is 37.6 Å². The SMILES string of the molecule is COc1ccc(-c2cc([C@H](OC(=O)NC3CCC3)C(F)(F)F)ccc2F)cc1C(=O)N[C@@H]1C2CCC(/C2=C/CC(C)C)[C@@H]1C[N+](=O)c1ccc(F)c(C(F)(F)F)c1. The molecule has 3 aliphatic carbocycles. The van der Waals surface area contributed by atoms with Crippen molar-refractivity contribution >= 4 is 17.7 Å². The van der Waals surface area contributed by atoms with Gasteiger partial charge in [0.25, 0.3) is 11.6 Å². The Bertz CT molecular complexity index is 2050. The molecule has 2 unspecified atom stereocenters. The van der Waals surface area contributed by atoms with E-state index in [4.69, 9.17) is 9.47 Å². The third-order valence-electron chi connectivity index (χ3n) is 11.1. The Morgan fingerprint density at radius 3 is 2.23 bits per heavy atom. The van der Waals surface area contributed by atoms with Crippen molar-refractivity contribution in [1.29, 1.82) is 0 Å². The van der Waals surface area contributed by atoms with Crippen LogP contribution in [0.15, 0.2) is 66.2 Å². The minimum Gasteiger partial charge on any atom is -0.496 e. The standard InChI is InChI=1S/C41H41F8N3O5/c1-21(2)7-11-26-27-12-13-28(26)36(31(27)20-52(55)25-10-15-34(43)32(19-25)40(44,45)46)51-38(53)30-17-22(9-16-35(30)56-3)29-18-23(8-14-33(29)42)37(41(47,48)49)57-39(54)50-24-5-4-6-24/h8-11,14-19,21,24,27-28,31,36-37H,4-7,12-13,20H2,1-3H3,(H-,50,51,53,54)/p+1/b26-11-/t27?,28?,31-,36+,37-/m0/s1. The van der Waals surface area contributed by atoms with Crippen LogP contribution in [-0.4, -0.2) is 48.7 Å². The van der Waals surface area contributed by atoms with E-state index in [-0.39, 0.29) is 52.8 Å². The van der Waals surface area contributed by atoms with Crippen LogP contribution in [0.2, 0.25) is 0 Å². The molecule has 6 rings (SSSR count). The molecular formula is C41H42F8N3O5+. The van der Waals surface area contributed by atoms with Gasteiger partial charge in [-0.05, 0) is 86.3 Å². The summed E-state index contributed by atoms with van der Waals surface area (Å²) in [5, 5.41) is 5.38. The van der Waals surface area contributed by atoms with Crippen molar-refractivity contribution in [3.8, 4) is 16.9 Å². The number of methoxy groups -OCH3 is 1. The third kappa shape index (κ3) is 9.09. The van der Waals surface area contributed by atoms with Crippen molar-refractivity contribution in [2.75, 3.05) is 13.7 Å². The fraction of sp³-hybridized carbons (Fsp3) is 0.463. The molecule has 2 N–H and O–H groups in total. The molecule has 3 saturated carbocycles. The number of amides is 2. The van der Waals surface area contributed by atoms with E-state index in [2.05, 4.69) is 16.7 Å². The summed E-state index contributed by atoms with van der Waals surface area (Å²) in [5.41, 5.74) is -1.95. The summed E-state index contributed by atoms with van der Waals surface area (Å²) in [4.78, 5) is 40.0. The van der Waals surface area contributed by atoms with Gasteiger partial charge >= 0.3 is 18.4 Å². The molecule has 16 heteroatoms. The van der Waals surface area contributed by atoms with E-state index in [9.17, 15) is 45.2 Å². The fourth-order valence-corrected chi connectivity index (χ4v) is 8.06. The molecule has 0 heterocycles. The van der Waals surface area contributed by atoms with Crippen LogP contribution in [0.4, 0.5) is 45.6 Å². The highest BCUT2D eigenvalue weighted by molar-refractivity contribution is 5.98. The van der Waals surface area contributed by atoms with E-state index in [0.717, 1.165) is 36.3 Å². The molecular weight excluding hydrogens is 766 g/mol. The molecule has 3 aromatic rings. The smallest absolute Gasteiger partial charge is 0.429 e. The van der Waals surface area contributed by atoms with Gasteiger partial charge in [-0.25, -0.2) is 13.6 Å². The molecule has 2 amide bonds. The summed E-state index contributed by atoms with van der Waals surface area (Å²) in [6.07, 6.45) is -7.93. The van der Waals surface area contributed by atoms with Gasteiger partial charge in [0.2, 0.25) is 12.6 Å². The van der Waals surface area contributed by atoms with Gasteiger partial charge in [-0.2, -0.15) is 26.3 Å². The Hall–Kier alpha value is -5.02. The zero-order valence-electron chi connectivity index (χ0n) is 31.3. The van der Waals surface area contributed by atoms with Gasteiger partial charge in [0, 0.05) is 50.9 Å². The minimum absolute atomic E-state index is 0.00432. The van der Waals surface area contributed by atoms with Gasteiger partial charge in [-0.15, -0.1) is 0 Å². The molecule has 0 aliphatic heterocycles. The number of alkyl carbamates (subject to hydrolysis) is 1. The lowest BCUT2D eigenvalue weighted by Gasteiger charge is -2.29. The van der Waals surface area contributed by atoms with E-state index >= 15 is 4.39 Å². The second kappa shape index (κ2) is 16.5. The number of carbonyl (C=O) groups is 2. The molecule has 2 bridgehead atoms. The lowest BCUT2D eigenvalue weighted by molar-refractivity contribution is -0.474. The minimum atomic E-state index is -5.05. The highest BCUT2D eigenvalue weighted by Gasteiger charge is 2.54. The molecule has 57 heavy (non-hydrogen) atoms. The predicted octanol–water partition coefficient (Wildman–Crippen LogP) is 10.4. The Morgan fingerprint density at radius 2 is 1.60 bits per heavy atom. The van der Waals surface area contributed by atoms with Gasteiger partial charge in [0.05, 0.1) is 24.2 Å². The Morgan fingerprint density at radius 1 is 0.895 bits per heavy atom. The van der Waals surface area contributed by atoms with Crippen LogP contribution >= 0.6 is 0 Å². The number of benzene rings is 3. The van der Waals surface area contributed by atoms with E-state index in [0.29, 0.717) is 49.0 Å². The number of hydrogen-bond donors (Lipinski definition) is 2. The number of halogens is 8. The van der Waals surface area contributed by atoms with Crippen LogP contribution in [0, 0.1) is 40.2 Å². The van der Waals surface area contributed by atoms with Crippen LogP contribution in [0.5, 0.6) is 5.75 Å². The van der Waals surface area contributed by atoms with Gasteiger partial charge in [0.1, 0.15) is 17.4 Å². The number of carbonyl (C=O) groups excluding carboxylic acids is 2. The number of nitroso groups, excluding NO2 is 1. The Balaban J connectivity index is 1.30. The number of nitrogens with one attached hydrogen (secondary N) is 2. The number of alkyl halides is 6. The Kier molecular flexibility index (Phi) is 12.0. The van der Waals surface area contributed by atoms with Crippen molar-refractivity contribution < 1.29 is 58.9 Å². The highest BCUT2D eigenvalue weighted by Crippen LogP contribution is 2.53. The summed E-state index contributed by atoms with van der Waals surface area (Å²) >= 11 is 0. The summed E-state index contributed by atoms with van der Waals surface area (Å²) in [6.45, 7) is 3.72. The maximum absolute atomic E-state index is 15.4. The number of rotatable bonds is 12. The summed E-state index contributed by atoms with van der Waals surface area (Å²) < 4.78 is 123. The van der Waals surface area contributed by atoms with Crippen LogP contribution in [0.3, 0.4) is 0 Å². The fourth-order valence-electron chi connectivity index (χ4n) is 8.06. The quantitative estimate of drug-likeness (QED) is 0.108. The number of ether oxygens (including phenoxy) is 2. The average Bonchev–Trinajstić information content (AvgIpc) is 3.65. The molecule has 5 atom stereocenters. The molecule has 0 aromatic heterocycles. The molecule has 8 nitrogen and oxygen atoms in total. The monoisotopic (exact) mass is 808 g/mol. The first kappa shape index (κ1) is 41.6. The van der Waals surface area contributed by atoms with Crippen molar-refractivity contribution in [1.82, 2.24) is 10.6 Å². The first-order chi connectivity index (χ1) is 26.8. The normalized spacial score (nSPS) is 22.0. The molecule has 3 aliphatic rings. The lowest BCUT2D eigenvalue weighted by Crippen LogP contribution is -2.46. The second-order valence-electron chi connectivity index (χ2n) is 15.3. The molecule has 0 saturated heterocycles. The summed E-state index contributed by atoms with van der Waals surface area (Å²) in [6, 6.07) is 7.53. The number of nitrogens with zero attached hydrogens (tertiary/aromatic N) is 1. The predicted molar refractivity (Wildman–Crippen MR) is 192 cm³/mol. The zero-order valence-corrected chi connectivity index (χ0v) is 31.3. The number of fused-ring (bicyclic) bond motifs is 2. The van der Waals surface area contributed by atoms with Crippen molar-refractivity contribution in [2.24, 2.45) is 23.7 Å². The third-order valence-corrected chi connectivity index (χ3v) is 11.1. The second-order valence-corrected chi connectivity index (χ2v) is 15.3. The van der Waals surface area contributed by atoms with Gasteiger partial charge in [0.15, 0.2) is 0 Å². The van der Waals surface area contributed by atoms with Gasteiger partial charge in [-0.3, -0.25) is 4.79 Å². The maximum Gasteiger partial charge on any atom is 0.429 e. The van der Waals surface area contributed by atoms with Crippen molar-refractivity contribution in [3.05, 3.63) is 99.5 Å². The van der Waals surface area contributed by atoms with E-state index < -0.39 is 70.9 Å². The van der Waals surface area contributed by atoms with Crippen molar-refractivity contribution in [2.45, 2.75) is 82.9 Å². The topological polar surface area (TPSA) is 96.7 Å².